The van der Waals surface area contributed by atoms with Crippen LogP contribution in [0.3, 0.4) is 0 Å². The van der Waals surface area contributed by atoms with E-state index in [1.807, 2.05) is 5.32 Å². The highest BCUT2D eigenvalue weighted by atomic mass is 19.2. The number of hydrogen-bond acceptors (Lipinski definition) is 1. The fourth-order valence-corrected chi connectivity index (χ4v) is 1.80. The summed E-state index contributed by atoms with van der Waals surface area (Å²) in [6.07, 6.45) is -1.22. The first-order valence-electron chi connectivity index (χ1n) is 5.97. The predicted molar refractivity (Wildman–Crippen MR) is 64.9 cm³/mol. The summed E-state index contributed by atoms with van der Waals surface area (Å²) in [5.74, 6) is -14.3. The van der Waals surface area contributed by atoms with Crippen molar-refractivity contribution in [1.82, 2.24) is 0 Å². The maximum atomic E-state index is 13.4. The smallest absolute Gasteiger partial charge is 0.229 e. The van der Waals surface area contributed by atoms with E-state index < -0.39 is 58.6 Å². The van der Waals surface area contributed by atoms with Crippen LogP contribution in [-0.2, 0) is 11.2 Å². The number of hydrogen-bond donors (Lipinski definition) is 1. The third-order valence-electron chi connectivity index (χ3n) is 2.78. The highest BCUT2D eigenvalue weighted by Crippen LogP contribution is 2.24. The third kappa shape index (κ3) is 3.43. The van der Waals surface area contributed by atoms with Crippen molar-refractivity contribution in [2.45, 2.75) is 6.42 Å². The van der Waals surface area contributed by atoms with Gasteiger partial charge in [0.1, 0.15) is 11.6 Å². The van der Waals surface area contributed by atoms with Gasteiger partial charge in [0.05, 0.1) is 6.42 Å². The van der Waals surface area contributed by atoms with Gasteiger partial charge in [0.2, 0.25) is 11.7 Å². The second kappa shape index (κ2) is 6.27. The molecule has 2 rings (SSSR count). The van der Waals surface area contributed by atoms with Crippen LogP contribution < -0.4 is 5.32 Å². The van der Waals surface area contributed by atoms with Gasteiger partial charge in [-0.15, -0.1) is 0 Å². The van der Waals surface area contributed by atoms with Crippen molar-refractivity contribution in [2.75, 3.05) is 5.32 Å². The van der Waals surface area contributed by atoms with Crippen LogP contribution in [0.15, 0.2) is 18.2 Å². The number of nitrogens with one attached hydrogen (secondary N) is 1. The third-order valence-corrected chi connectivity index (χ3v) is 2.78. The summed E-state index contributed by atoms with van der Waals surface area (Å²) in [5, 5.41) is 1.89. The second-order valence-corrected chi connectivity index (χ2v) is 4.43. The lowest BCUT2D eigenvalue weighted by molar-refractivity contribution is -0.115. The van der Waals surface area contributed by atoms with Gasteiger partial charge in [0, 0.05) is 17.3 Å². The molecule has 0 spiro atoms. The van der Waals surface area contributed by atoms with Crippen molar-refractivity contribution in [3.63, 3.8) is 0 Å². The topological polar surface area (TPSA) is 29.1 Å². The van der Waals surface area contributed by atoms with Crippen molar-refractivity contribution in [3.05, 3.63) is 64.5 Å². The fourth-order valence-electron chi connectivity index (χ4n) is 1.80. The van der Waals surface area contributed by atoms with Crippen LogP contribution in [0.25, 0.3) is 0 Å². The number of amides is 1. The van der Waals surface area contributed by atoms with Crippen LogP contribution in [0.1, 0.15) is 5.56 Å². The van der Waals surface area contributed by atoms with E-state index in [0.29, 0.717) is 18.2 Å². The van der Waals surface area contributed by atoms with Gasteiger partial charge in [0.15, 0.2) is 23.3 Å². The Bertz CT molecular complexity index is 742. The molecule has 0 saturated carbocycles. The van der Waals surface area contributed by atoms with Crippen molar-refractivity contribution in [1.29, 1.82) is 0 Å². The average molecular weight is 337 g/mol. The van der Waals surface area contributed by atoms with E-state index in [1.165, 1.54) is 0 Å². The largest absolute Gasteiger partial charge is 0.326 e. The molecule has 0 atom stereocenters. The van der Waals surface area contributed by atoms with Gasteiger partial charge in [-0.05, 0) is 12.1 Å². The Morgan fingerprint density at radius 3 is 1.65 bits per heavy atom. The number of carbonyl (C=O) groups is 1. The van der Waals surface area contributed by atoms with E-state index in [1.54, 1.807) is 0 Å². The van der Waals surface area contributed by atoms with Crippen molar-refractivity contribution >= 4 is 11.6 Å². The summed E-state index contributed by atoms with van der Waals surface area (Å²) in [6.45, 7) is 0. The van der Waals surface area contributed by atoms with Crippen molar-refractivity contribution in [3.8, 4) is 0 Å². The normalized spacial score (nSPS) is 10.7. The molecule has 0 aromatic heterocycles. The van der Waals surface area contributed by atoms with E-state index in [9.17, 15) is 35.5 Å². The van der Waals surface area contributed by atoms with Crippen LogP contribution in [0, 0.1) is 40.7 Å². The van der Waals surface area contributed by atoms with Gasteiger partial charge < -0.3 is 5.32 Å². The average Bonchev–Trinajstić information content (AvgIpc) is 2.46. The van der Waals surface area contributed by atoms with Crippen LogP contribution in [0.2, 0.25) is 0 Å². The molecule has 0 radical (unpaired) electrons. The van der Waals surface area contributed by atoms with Crippen molar-refractivity contribution < 1.29 is 35.5 Å². The molecule has 1 amide bonds. The number of halogens is 7. The van der Waals surface area contributed by atoms with Gasteiger partial charge in [-0.25, -0.2) is 30.7 Å². The molecule has 2 aromatic rings. The Kier molecular flexibility index (Phi) is 4.57. The SMILES string of the molecule is O=C(Cc1c(F)c(F)c(F)c(F)c1F)Nc1cc(F)cc(F)c1. The van der Waals surface area contributed by atoms with Gasteiger partial charge >= 0.3 is 0 Å². The van der Waals surface area contributed by atoms with Gasteiger partial charge in [-0.3, -0.25) is 4.79 Å². The zero-order chi connectivity index (χ0) is 17.3. The minimum Gasteiger partial charge on any atom is -0.326 e. The minimum absolute atomic E-state index is 0.378. The standard InChI is InChI=1S/C14H6F7NO/c15-5-1-6(16)3-7(2-5)22-9(23)4-8-10(17)12(19)14(21)13(20)11(8)18/h1-3H,4H2,(H,22,23). The Hall–Kier alpha value is -2.58. The molecule has 0 fully saturated rings. The lowest BCUT2D eigenvalue weighted by Gasteiger charge is -2.09. The fraction of sp³-hybridized carbons (Fsp3) is 0.0714. The summed E-state index contributed by atoms with van der Waals surface area (Å²) in [7, 11) is 0. The number of anilines is 1. The van der Waals surface area contributed by atoms with Crippen LogP contribution in [-0.4, -0.2) is 5.91 Å². The minimum atomic E-state index is -2.35. The van der Waals surface area contributed by atoms with Crippen LogP contribution in [0.4, 0.5) is 36.4 Å². The number of rotatable bonds is 3. The summed E-state index contributed by atoms with van der Waals surface area (Å²) >= 11 is 0. The summed E-state index contributed by atoms with van der Waals surface area (Å²) < 4.78 is 91.5. The molecule has 23 heavy (non-hydrogen) atoms. The van der Waals surface area contributed by atoms with Gasteiger partial charge in [0.25, 0.3) is 0 Å². The Labute approximate surface area is 124 Å². The molecule has 0 saturated heterocycles. The first-order chi connectivity index (χ1) is 10.7. The molecule has 2 nitrogen and oxygen atoms in total. The van der Waals surface area contributed by atoms with Crippen LogP contribution >= 0.6 is 0 Å². The molecule has 9 heteroatoms. The Balaban J connectivity index is 2.27. The molecule has 0 heterocycles. The molecule has 1 N–H and O–H groups in total. The first kappa shape index (κ1) is 16.8. The maximum absolute atomic E-state index is 13.4. The molecule has 122 valence electrons. The zero-order valence-electron chi connectivity index (χ0n) is 11.0. The Morgan fingerprint density at radius 1 is 0.739 bits per heavy atom. The molecule has 0 unspecified atom stereocenters. The molecule has 0 aliphatic heterocycles. The molecule has 0 bridgehead atoms. The maximum Gasteiger partial charge on any atom is 0.229 e. The highest BCUT2D eigenvalue weighted by Gasteiger charge is 2.26. The van der Waals surface area contributed by atoms with E-state index in [0.717, 1.165) is 0 Å². The number of carbonyl (C=O) groups excluding carboxylic acids is 1. The zero-order valence-corrected chi connectivity index (χ0v) is 11.0. The molecule has 0 aliphatic carbocycles. The van der Waals surface area contributed by atoms with E-state index in [2.05, 4.69) is 0 Å². The number of benzene rings is 2. The lowest BCUT2D eigenvalue weighted by Crippen LogP contribution is -2.18. The van der Waals surface area contributed by atoms with E-state index in [-0.39, 0.29) is 5.69 Å². The molecular weight excluding hydrogens is 331 g/mol. The summed E-state index contributed by atoms with van der Waals surface area (Å²) in [4.78, 5) is 11.6. The van der Waals surface area contributed by atoms with Gasteiger partial charge in [-0.2, -0.15) is 0 Å². The molecule has 2 aromatic carbocycles. The summed E-state index contributed by atoms with van der Waals surface area (Å²) in [5.41, 5.74) is -1.73. The molecule has 0 aliphatic rings. The van der Waals surface area contributed by atoms with E-state index in [4.69, 9.17) is 0 Å². The lowest BCUT2D eigenvalue weighted by atomic mass is 10.1. The quantitative estimate of drug-likeness (QED) is 0.515. The van der Waals surface area contributed by atoms with Crippen molar-refractivity contribution in [2.24, 2.45) is 0 Å². The first-order valence-corrected chi connectivity index (χ1v) is 5.97. The summed E-state index contributed by atoms with van der Waals surface area (Å²) in [6, 6.07) is 1.93. The second-order valence-electron chi connectivity index (χ2n) is 4.43. The molecular formula is C14H6F7NO. The van der Waals surface area contributed by atoms with Crippen LogP contribution in [0.5, 0.6) is 0 Å². The Morgan fingerprint density at radius 2 is 1.17 bits per heavy atom. The monoisotopic (exact) mass is 337 g/mol. The highest BCUT2D eigenvalue weighted by molar-refractivity contribution is 5.92. The predicted octanol–water partition coefficient (Wildman–Crippen LogP) is 3.84. The van der Waals surface area contributed by atoms with Gasteiger partial charge in [-0.1, -0.05) is 0 Å². The van der Waals surface area contributed by atoms with E-state index >= 15 is 0 Å².